The predicted octanol–water partition coefficient (Wildman–Crippen LogP) is 2.54. The molecular formula is C16H29N3OS. The van der Waals surface area contributed by atoms with Gasteiger partial charge in [-0.05, 0) is 57.4 Å². The van der Waals surface area contributed by atoms with Gasteiger partial charge in [0.15, 0.2) is 0 Å². The smallest absolute Gasteiger partial charge is 0.317 e. The van der Waals surface area contributed by atoms with E-state index in [1.165, 1.54) is 38.1 Å². The largest absolute Gasteiger partial charge is 0.335 e. The highest BCUT2D eigenvalue weighted by atomic mass is 32.2. The zero-order valence-electron chi connectivity index (χ0n) is 13.2. The highest BCUT2D eigenvalue weighted by Crippen LogP contribution is 2.30. The summed E-state index contributed by atoms with van der Waals surface area (Å²) in [7, 11) is 0. The topological polar surface area (TPSA) is 35.6 Å². The van der Waals surface area contributed by atoms with Gasteiger partial charge in [0.05, 0.1) is 0 Å². The molecule has 2 heterocycles. The molecular weight excluding hydrogens is 282 g/mol. The second kappa shape index (κ2) is 7.23. The Kier molecular flexibility index (Phi) is 5.33. The van der Waals surface area contributed by atoms with Crippen LogP contribution in [0, 0.1) is 0 Å². The summed E-state index contributed by atoms with van der Waals surface area (Å²) in [4.78, 5) is 17.0. The first kappa shape index (κ1) is 15.5. The first-order valence-corrected chi connectivity index (χ1v) is 9.72. The summed E-state index contributed by atoms with van der Waals surface area (Å²) in [5.74, 6) is 1.19. The number of hydrogen-bond acceptors (Lipinski definition) is 3. The van der Waals surface area contributed by atoms with E-state index in [-0.39, 0.29) is 6.03 Å². The molecule has 0 aromatic heterocycles. The molecule has 0 spiro atoms. The van der Waals surface area contributed by atoms with Crippen molar-refractivity contribution in [3.63, 3.8) is 0 Å². The molecule has 2 saturated heterocycles. The lowest BCUT2D eigenvalue weighted by molar-refractivity contribution is 0.195. The van der Waals surface area contributed by atoms with Gasteiger partial charge in [-0.3, -0.25) is 4.90 Å². The Labute approximate surface area is 133 Å². The van der Waals surface area contributed by atoms with Gasteiger partial charge in [-0.1, -0.05) is 6.92 Å². The highest BCUT2D eigenvalue weighted by molar-refractivity contribution is 7.99. The van der Waals surface area contributed by atoms with Crippen molar-refractivity contribution in [1.29, 1.82) is 0 Å². The van der Waals surface area contributed by atoms with E-state index < -0.39 is 0 Å². The first-order chi connectivity index (χ1) is 10.3. The van der Waals surface area contributed by atoms with Crippen LogP contribution in [-0.4, -0.2) is 65.1 Å². The summed E-state index contributed by atoms with van der Waals surface area (Å²) in [5, 5.41) is 4.04. The molecule has 120 valence electrons. The van der Waals surface area contributed by atoms with E-state index >= 15 is 0 Å². The van der Waals surface area contributed by atoms with E-state index in [9.17, 15) is 4.79 Å². The molecule has 0 unspecified atom stereocenters. The maximum atomic E-state index is 12.4. The van der Waals surface area contributed by atoms with Crippen LogP contribution in [0.15, 0.2) is 0 Å². The number of thioether (sulfide) groups is 1. The number of nitrogens with zero attached hydrogens (tertiary/aromatic N) is 2. The molecule has 3 atom stereocenters. The molecule has 3 aliphatic rings. The minimum absolute atomic E-state index is 0.184. The molecule has 0 bridgehead atoms. The third-order valence-corrected chi connectivity index (χ3v) is 6.46. The number of carbonyl (C=O) groups excluding carboxylic acids is 1. The molecule has 0 aromatic carbocycles. The van der Waals surface area contributed by atoms with E-state index in [1.54, 1.807) is 0 Å². The van der Waals surface area contributed by atoms with Crippen LogP contribution in [0.1, 0.15) is 45.4 Å². The van der Waals surface area contributed by atoms with Crippen molar-refractivity contribution in [2.24, 2.45) is 0 Å². The quantitative estimate of drug-likeness (QED) is 0.866. The van der Waals surface area contributed by atoms with E-state index in [0.29, 0.717) is 12.1 Å². The number of nitrogens with one attached hydrogen (secondary N) is 1. The van der Waals surface area contributed by atoms with Gasteiger partial charge in [-0.15, -0.1) is 0 Å². The Hall–Kier alpha value is -0.420. The van der Waals surface area contributed by atoms with E-state index in [1.807, 2.05) is 16.7 Å². The molecule has 5 heteroatoms. The maximum absolute atomic E-state index is 12.4. The van der Waals surface area contributed by atoms with Crippen molar-refractivity contribution in [3.8, 4) is 0 Å². The molecule has 1 N–H and O–H groups in total. The minimum Gasteiger partial charge on any atom is -0.335 e. The molecule has 2 aliphatic heterocycles. The lowest BCUT2D eigenvalue weighted by Crippen LogP contribution is -2.44. The van der Waals surface area contributed by atoms with Crippen LogP contribution in [0.2, 0.25) is 0 Å². The zero-order valence-corrected chi connectivity index (χ0v) is 14.0. The first-order valence-electron chi connectivity index (χ1n) is 8.67. The number of rotatable bonds is 4. The molecule has 21 heavy (non-hydrogen) atoms. The van der Waals surface area contributed by atoms with Gasteiger partial charge < -0.3 is 10.2 Å². The van der Waals surface area contributed by atoms with Gasteiger partial charge in [0.2, 0.25) is 0 Å². The Morgan fingerprint density at radius 2 is 2.00 bits per heavy atom. The van der Waals surface area contributed by atoms with Crippen LogP contribution in [0.3, 0.4) is 0 Å². The van der Waals surface area contributed by atoms with E-state index in [4.69, 9.17) is 0 Å². The van der Waals surface area contributed by atoms with Crippen LogP contribution in [0.5, 0.6) is 0 Å². The maximum Gasteiger partial charge on any atom is 0.317 e. The van der Waals surface area contributed by atoms with Crippen LogP contribution < -0.4 is 5.32 Å². The van der Waals surface area contributed by atoms with Gasteiger partial charge in [0.1, 0.15) is 0 Å². The number of likely N-dealkylation sites (tertiary alicyclic amines) is 2. The fraction of sp³-hybridized carbons (Fsp3) is 0.938. The highest BCUT2D eigenvalue weighted by Gasteiger charge is 2.33. The third-order valence-electron chi connectivity index (χ3n) is 5.22. The standard InChI is InChI=1S/C16H29N3OS/c1-2-21-15-6-5-13(11-15)17-16(20)19-10-7-14(12-19)18-8-3-4-9-18/h13-15H,2-12H2,1H3,(H,17,20)/t13-,14+,15+/m0/s1. The van der Waals surface area contributed by atoms with Crippen molar-refractivity contribution in [3.05, 3.63) is 0 Å². The zero-order chi connectivity index (χ0) is 14.7. The molecule has 1 aliphatic carbocycles. The van der Waals surface area contributed by atoms with Crippen molar-refractivity contribution in [2.45, 2.75) is 62.8 Å². The average Bonchev–Trinajstić information content (AvgIpc) is 3.20. The molecule has 4 nitrogen and oxygen atoms in total. The molecule has 3 rings (SSSR count). The fourth-order valence-corrected chi connectivity index (χ4v) is 5.20. The van der Waals surface area contributed by atoms with Crippen LogP contribution in [0.25, 0.3) is 0 Å². The van der Waals surface area contributed by atoms with Gasteiger partial charge in [-0.2, -0.15) is 11.8 Å². The molecule has 1 saturated carbocycles. The van der Waals surface area contributed by atoms with Crippen LogP contribution in [0.4, 0.5) is 4.79 Å². The Balaban J connectivity index is 1.42. The second-order valence-electron chi connectivity index (χ2n) is 6.67. The van der Waals surface area contributed by atoms with Crippen molar-refractivity contribution < 1.29 is 4.79 Å². The molecule has 0 radical (unpaired) electrons. The van der Waals surface area contributed by atoms with Gasteiger partial charge in [0.25, 0.3) is 0 Å². The summed E-state index contributed by atoms with van der Waals surface area (Å²) >= 11 is 2.05. The third kappa shape index (κ3) is 3.86. The summed E-state index contributed by atoms with van der Waals surface area (Å²) in [5.41, 5.74) is 0. The lowest BCUT2D eigenvalue weighted by Gasteiger charge is -2.24. The Morgan fingerprint density at radius 3 is 2.76 bits per heavy atom. The van der Waals surface area contributed by atoms with Crippen LogP contribution in [-0.2, 0) is 0 Å². The molecule has 3 fully saturated rings. The average molecular weight is 311 g/mol. The minimum atomic E-state index is 0.184. The van der Waals surface area contributed by atoms with Gasteiger partial charge in [-0.25, -0.2) is 4.79 Å². The van der Waals surface area contributed by atoms with Crippen LogP contribution >= 0.6 is 11.8 Å². The summed E-state index contributed by atoms with van der Waals surface area (Å²) in [6, 6.07) is 1.21. The second-order valence-corrected chi connectivity index (χ2v) is 8.25. The summed E-state index contributed by atoms with van der Waals surface area (Å²) in [6.07, 6.45) is 7.41. The monoisotopic (exact) mass is 311 g/mol. The number of carbonyl (C=O) groups is 1. The molecule has 0 aromatic rings. The number of urea groups is 1. The van der Waals surface area contributed by atoms with Gasteiger partial charge in [0, 0.05) is 30.4 Å². The lowest BCUT2D eigenvalue weighted by atomic mass is 10.2. The Bertz CT molecular complexity index is 359. The summed E-state index contributed by atoms with van der Waals surface area (Å²) < 4.78 is 0. The Morgan fingerprint density at radius 1 is 1.19 bits per heavy atom. The normalized spacial score (nSPS) is 33.8. The number of hydrogen-bond donors (Lipinski definition) is 1. The van der Waals surface area contributed by atoms with Crippen molar-refractivity contribution >= 4 is 17.8 Å². The fourth-order valence-electron chi connectivity index (χ4n) is 4.06. The number of amides is 2. The predicted molar refractivity (Wildman–Crippen MR) is 88.9 cm³/mol. The van der Waals surface area contributed by atoms with Crippen molar-refractivity contribution in [1.82, 2.24) is 15.1 Å². The van der Waals surface area contributed by atoms with Gasteiger partial charge >= 0.3 is 6.03 Å². The SMILES string of the molecule is CCS[C@@H]1CC[C@H](NC(=O)N2CC[C@@H](N3CCCC3)C2)C1. The summed E-state index contributed by atoms with van der Waals surface area (Å²) in [6.45, 7) is 6.56. The van der Waals surface area contributed by atoms with E-state index in [2.05, 4.69) is 17.1 Å². The molecule has 2 amide bonds. The van der Waals surface area contributed by atoms with Crippen molar-refractivity contribution in [2.75, 3.05) is 31.9 Å². The van der Waals surface area contributed by atoms with E-state index in [0.717, 1.165) is 37.6 Å².